The third kappa shape index (κ3) is 1.75. The summed E-state index contributed by atoms with van der Waals surface area (Å²) in [4.78, 5) is 3.79. The lowest BCUT2D eigenvalue weighted by molar-refractivity contribution is 1.01. The molecule has 0 aromatic carbocycles. The van der Waals surface area contributed by atoms with Gasteiger partial charge in [0.1, 0.15) is 5.84 Å². The summed E-state index contributed by atoms with van der Waals surface area (Å²) in [5.41, 5.74) is 3.24. The molecule has 3 nitrogen and oxygen atoms in total. The smallest absolute Gasteiger partial charge is 0.137 e. The SMILES string of the molecule is C=C(C)C(=NC)NN. The van der Waals surface area contributed by atoms with Crippen molar-refractivity contribution >= 4 is 5.84 Å². The van der Waals surface area contributed by atoms with Crippen molar-refractivity contribution in [3.8, 4) is 0 Å². The predicted molar refractivity (Wildman–Crippen MR) is 35.5 cm³/mol. The van der Waals surface area contributed by atoms with Crippen LogP contribution in [-0.2, 0) is 0 Å². The van der Waals surface area contributed by atoms with Crippen LogP contribution in [0.5, 0.6) is 0 Å². The summed E-state index contributed by atoms with van der Waals surface area (Å²) in [7, 11) is 1.66. The minimum atomic E-state index is 0.644. The van der Waals surface area contributed by atoms with Crippen molar-refractivity contribution < 1.29 is 0 Å². The van der Waals surface area contributed by atoms with Crippen molar-refractivity contribution in [1.82, 2.24) is 5.43 Å². The maximum absolute atomic E-state index is 5.04. The number of nitrogens with two attached hydrogens (primary N) is 1. The van der Waals surface area contributed by atoms with E-state index in [0.717, 1.165) is 5.57 Å². The standard InChI is InChI=1S/C5H11N3/c1-4(2)5(7-3)8-6/h1,6H2,2-3H3,(H,7,8). The van der Waals surface area contributed by atoms with Gasteiger partial charge in [-0.1, -0.05) is 6.58 Å². The van der Waals surface area contributed by atoms with Crippen LogP contribution in [0.1, 0.15) is 6.92 Å². The Morgan fingerprint density at radius 3 is 2.25 bits per heavy atom. The van der Waals surface area contributed by atoms with Crippen LogP contribution in [0.15, 0.2) is 17.1 Å². The Morgan fingerprint density at radius 1 is 1.75 bits per heavy atom. The lowest BCUT2D eigenvalue weighted by Gasteiger charge is -1.99. The molecule has 0 amide bonds. The number of hydrogen-bond donors (Lipinski definition) is 2. The first kappa shape index (κ1) is 7.17. The average Bonchev–Trinajstić information content (AvgIpc) is 1.69. The second-order valence-electron chi connectivity index (χ2n) is 1.50. The van der Waals surface area contributed by atoms with E-state index in [1.54, 1.807) is 7.05 Å². The van der Waals surface area contributed by atoms with Crippen LogP contribution in [-0.4, -0.2) is 12.9 Å². The largest absolute Gasteiger partial charge is 0.309 e. The number of nitrogens with one attached hydrogen (secondary N) is 1. The quantitative estimate of drug-likeness (QED) is 0.218. The molecule has 0 atom stereocenters. The topological polar surface area (TPSA) is 50.4 Å². The zero-order valence-electron chi connectivity index (χ0n) is 5.23. The summed E-state index contributed by atoms with van der Waals surface area (Å²) in [6.07, 6.45) is 0. The number of hydrazine groups is 1. The molecule has 0 bridgehead atoms. The van der Waals surface area contributed by atoms with Gasteiger partial charge >= 0.3 is 0 Å². The van der Waals surface area contributed by atoms with Gasteiger partial charge in [0.05, 0.1) is 0 Å². The molecule has 0 fully saturated rings. The van der Waals surface area contributed by atoms with E-state index in [4.69, 9.17) is 5.84 Å². The summed E-state index contributed by atoms with van der Waals surface area (Å²) in [5.74, 6) is 5.69. The van der Waals surface area contributed by atoms with Gasteiger partial charge in [-0.25, -0.2) is 5.84 Å². The fraction of sp³-hybridized carbons (Fsp3) is 0.400. The van der Waals surface area contributed by atoms with E-state index >= 15 is 0 Å². The highest BCUT2D eigenvalue weighted by molar-refractivity contribution is 5.96. The highest BCUT2D eigenvalue weighted by Gasteiger charge is 1.90. The minimum absolute atomic E-state index is 0.644. The molecule has 0 radical (unpaired) electrons. The van der Waals surface area contributed by atoms with E-state index in [1.807, 2.05) is 6.92 Å². The van der Waals surface area contributed by atoms with Crippen LogP contribution >= 0.6 is 0 Å². The number of amidine groups is 1. The van der Waals surface area contributed by atoms with Gasteiger partial charge in [0.25, 0.3) is 0 Å². The molecule has 0 aliphatic rings. The van der Waals surface area contributed by atoms with Crippen molar-refractivity contribution in [1.29, 1.82) is 0 Å². The van der Waals surface area contributed by atoms with E-state index in [-0.39, 0.29) is 0 Å². The highest BCUT2D eigenvalue weighted by Crippen LogP contribution is 1.85. The molecule has 0 saturated heterocycles. The highest BCUT2D eigenvalue weighted by atomic mass is 15.2. The van der Waals surface area contributed by atoms with Crippen molar-refractivity contribution in [2.45, 2.75) is 6.92 Å². The number of hydrogen-bond acceptors (Lipinski definition) is 2. The molecular weight excluding hydrogens is 102 g/mol. The molecule has 8 heavy (non-hydrogen) atoms. The Labute approximate surface area is 49.3 Å². The molecule has 0 aromatic heterocycles. The monoisotopic (exact) mass is 113 g/mol. The van der Waals surface area contributed by atoms with Gasteiger partial charge in [-0.2, -0.15) is 0 Å². The number of nitrogens with zero attached hydrogens (tertiary/aromatic N) is 1. The molecule has 3 heteroatoms. The maximum atomic E-state index is 5.04. The van der Waals surface area contributed by atoms with E-state index in [1.165, 1.54) is 0 Å². The van der Waals surface area contributed by atoms with E-state index in [9.17, 15) is 0 Å². The fourth-order valence-corrected chi connectivity index (χ4v) is 0.379. The lowest BCUT2D eigenvalue weighted by Crippen LogP contribution is -2.30. The average molecular weight is 113 g/mol. The zero-order valence-corrected chi connectivity index (χ0v) is 5.23. The molecule has 0 aliphatic heterocycles. The van der Waals surface area contributed by atoms with Gasteiger partial charge in [-0.05, 0) is 12.5 Å². The number of aliphatic imine (C=N–C) groups is 1. The zero-order chi connectivity index (χ0) is 6.57. The molecule has 0 aromatic rings. The molecule has 0 spiro atoms. The van der Waals surface area contributed by atoms with Gasteiger partial charge < -0.3 is 5.43 Å². The summed E-state index contributed by atoms with van der Waals surface area (Å²) in [6.45, 7) is 5.46. The molecule has 46 valence electrons. The maximum Gasteiger partial charge on any atom is 0.137 e. The Morgan fingerprint density at radius 2 is 2.25 bits per heavy atom. The second kappa shape index (κ2) is 3.21. The summed E-state index contributed by atoms with van der Waals surface area (Å²) in [5, 5.41) is 0. The molecule has 0 aliphatic carbocycles. The lowest BCUT2D eigenvalue weighted by atomic mass is 10.3. The number of rotatable bonds is 1. The molecule has 0 saturated carbocycles. The van der Waals surface area contributed by atoms with Crippen molar-refractivity contribution in [2.75, 3.05) is 7.05 Å². The summed E-state index contributed by atoms with van der Waals surface area (Å²) in [6, 6.07) is 0. The summed E-state index contributed by atoms with van der Waals surface area (Å²) >= 11 is 0. The third-order valence-corrected chi connectivity index (χ3v) is 0.765. The van der Waals surface area contributed by atoms with Crippen LogP contribution in [0.2, 0.25) is 0 Å². The Balaban J connectivity index is 3.92. The van der Waals surface area contributed by atoms with Crippen LogP contribution in [0.4, 0.5) is 0 Å². The predicted octanol–water partition coefficient (Wildman–Crippen LogP) is 0.0541. The first-order chi connectivity index (χ1) is 3.72. The van der Waals surface area contributed by atoms with Gasteiger partial charge in [0, 0.05) is 7.05 Å². The van der Waals surface area contributed by atoms with Gasteiger partial charge in [-0.15, -0.1) is 0 Å². The van der Waals surface area contributed by atoms with E-state index in [0.29, 0.717) is 5.84 Å². The van der Waals surface area contributed by atoms with Gasteiger partial charge in [0.15, 0.2) is 0 Å². The molecular formula is C5H11N3. The van der Waals surface area contributed by atoms with Crippen molar-refractivity contribution in [2.24, 2.45) is 10.8 Å². The molecule has 0 unspecified atom stereocenters. The molecule has 3 N–H and O–H groups in total. The van der Waals surface area contributed by atoms with Crippen LogP contribution in [0.25, 0.3) is 0 Å². The van der Waals surface area contributed by atoms with Gasteiger partial charge in [-0.3, -0.25) is 4.99 Å². The second-order valence-corrected chi connectivity index (χ2v) is 1.50. The van der Waals surface area contributed by atoms with E-state index < -0.39 is 0 Å². The third-order valence-electron chi connectivity index (χ3n) is 0.765. The van der Waals surface area contributed by atoms with Crippen LogP contribution in [0.3, 0.4) is 0 Å². The summed E-state index contributed by atoms with van der Waals surface area (Å²) < 4.78 is 0. The van der Waals surface area contributed by atoms with Gasteiger partial charge in [0.2, 0.25) is 0 Å². The normalized spacial score (nSPS) is 11.1. The molecule has 0 heterocycles. The Hall–Kier alpha value is -0.830. The van der Waals surface area contributed by atoms with Crippen molar-refractivity contribution in [3.05, 3.63) is 12.2 Å². The van der Waals surface area contributed by atoms with Crippen LogP contribution < -0.4 is 11.3 Å². The minimum Gasteiger partial charge on any atom is -0.309 e. The Bertz CT molecular complexity index is 115. The van der Waals surface area contributed by atoms with Crippen LogP contribution in [0, 0.1) is 0 Å². The first-order valence-electron chi connectivity index (χ1n) is 2.31. The first-order valence-corrected chi connectivity index (χ1v) is 2.31. The molecule has 0 rings (SSSR count). The fourth-order valence-electron chi connectivity index (χ4n) is 0.379. The van der Waals surface area contributed by atoms with E-state index in [2.05, 4.69) is 17.0 Å². The van der Waals surface area contributed by atoms with Crippen molar-refractivity contribution in [3.63, 3.8) is 0 Å². The Kier molecular flexibility index (Phi) is 2.88.